The summed E-state index contributed by atoms with van der Waals surface area (Å²) in [6.07, 6.45) is 0. The van der Waals surface area contributed by atoms with Gasteiger partial charge in [-0.15, -0.1) is 0 Å². The molecule has 0 fully saturated rings. The first kappa shape index (κ1) is 17.1. The Morgan fingerprint density at radius 3 is 2.65 bits per heavy atom. The summed E-state index contributed by atoms with van der Waals surface area (Å²) in [5.41, 5.74) is 0.216. The van der Waals surface area contributed by atoms with Gasteiger partial charge in [0.05, 0.1) is 27.8 Å². The molecular weight excluding hydrogens is 343 g/mol. The Hall–Kier alpha value is -2.31. The molecule has 0 aliphatic rings. The third-order valence-electron chi connectivity index (χ3n) is 2.90. The van der Waals surface area contributed by atoms with Crippen LogP contribution in [0.25, 0.3) is 0 Å². The van der Waals surface area contributed by atoms with Crippen molar-refractivity contribution < 1.29 is 14.5 Å². The van der Waals surface area contributed by atoms with Crippen molar-refractivity contribution in [3.63, 3.8) is 0 Å². The van der Waals surface area contributed by atoms with E-state index in [0.717, 1.165) is 0 Å². The lowest BCUT2D eigenvalue weighted by atomic mass is 10.1. The molecule has 0 aliphatic heterocycles. The van der Waals surface area contributed by atoms with Crippen LogP contribution >= 0.6 is 23.2 Å². The lowest BCUT2D eigenvalue weighted by molar-refractivity contribution is -0.384. The Bertz CT molecular complexity index is 765. The van der Waals surface area contributed by atoms with Gasteiger partial charge in [0.25, 0.3) is 11.6 Å². The SMILES string of the molecule is CCOc1cc(Cl)ccc1C(=O)Nc1cc([N+](=O)[O-])ccc1Cl. The van der Waals surface area contributed by atoms with Crippen LogP contribution in [0.2, 0.25) is 10.0 Å². The van der Waals surface area contributed by atoms with Crippen molar-refractivity contribution in [3.8, 4) is 5.75 Å². The third-order valence-corrected chi connectivity index (χ3v) is 3.46. The van der Waals surface area contributed by atoms with E-state index < -0.39 is 10.8 Å². The fourth-order valence-corrected chi connectivity index (χ4v) is 2.20. The number of anilines is 1. The molecule has 0 bridgehead atoms. The molecule has 1 amide bonds. The Morgan fingerprint density at radius 1 is 1.26 bits per heavy atom. The molecule has 2 aromatic carbocycles. The topological polar surface area (TPSA) is 81.5 Å². The Labute approximate surface area is 142 Å². The molecule has 1 N–H and O–H groups in total. The van der Waals surface area contributed by atoms with Gasteiger partial charge in [-0.3, -0.25) is 14.9 Å². The van der Waals surface area contributed by atoms with Crippen LogP contribution in [0.4, 0.5) is 11.4 Å². The van der Waals surface area contributed by atoms with Gasteiger partial charge in [0.1, 0.15) is 5.75 Å². The zero-order valence-corrected chi connectivity index (χ0v) is 13.5. The minimum Gasteiger partial charge on any atom is -0.493 e. The van der Waals surface area contributed by atoms with Crippen LogP contribution in [0.5, 0.6) is 5.75 Å². The maximum absolute atomic E-state index is 12.4. The number of benzene rings is 2. The van der Waals surface area contributed by atoms with E-state index in [1.54, 1.807) is 13.0 Å². The van der Waals surface area contributed by atoms with E-state index in [1.165, 1.54) is 30.3 Å². The monoisotopic (exact) mass is 354 g/mol. The van der Waals surface area contributed by atoms with Crippen LogP contribution in [-0.2, 0) is 0 Å². The van der Waals surface area contributed by atoms with Gasteiger partial charge < -0.3 is 10.1 Å². The molecular formula is C15H12Cl2N2O4. The van der Waals surface area contributed by atoms with Gasteiger partial charge in [0.15, 0.2) is 0 Å². The number of nitro benzene ring substituents is 1. The first-order chi connectivity index (χ1) is 10.9. The third kappa shape index (κ3) is 4.12. The van der Waals surface area contributed by atoms with Crippen molar-refractivity contribution in [2.75, 3.05) is 11.9 Å². The molecule has 8 heteroatoms. The molecule has 0 atom stereocenters. The van der Waals surface area contributed by atoms with Gasteiger partial charge in [-0.05, 0) is 31.2 Å². The van der Waals surface area contributed by atoms with E-state index >= 15 is 0 Å². The number of carbonyl (C=O) groups is 1. The molecule has 120 valence electrons. The fourth-order valence-electron chi connectivity index (χ4n) is 1.87. The lowest BCUT2D eigenvalue weighted by Gasteiger charge is -2.11. The standard InChI is InChI=1S/C15H12Cl2N2O4/c1-2-23-14-7-9(16)3-5-11(14)15(20)18-13-8-10(19(21)22)4-6-12(13)17/h3-8H,2H2,1H3,(H,18,20). The first-order valence-corrected chi connectivity index (χ1v) is 7.35. The number of rotatable bonds is 5. The van der Waals surface area contributed by atoms with Crippen LogP contribution < -0.4 is 10.1 Å². The highest BCUT2D eigenvalue weighted by Gasteiger charge is 2.16. The van der Waals surface area contributed by atoms with E-state index in [2.05, 4.69) is 5.32 Å². The van der Waals surface area contributed by atoms with Crippen LogP contribution in [-0.4, -0.2) is 17.4 Å². The van der Waals surface area contributed by atoms with Crippen LogP contribution in [0, 0.1) is 10.1 Å². The molecule has 6 nitrogen and oxygen atoms in total. The summed E-state index contributed by atoms with van der Waals surface area (Å²) in [6.45, 7) is 2.14. The van der Waals surface area contributed by atoms with Crippen molar-refractivity contribution in [1.29, 1.82) is 0 Å². The number of non-ortho nitro benzene ring substituents is 1. The van der Waals surface area contributed by atoms with Crippen molar-refractivity contribution in [2.24, 2.45) is 0 Å². The Balaban J connectivity index is 2.32. The van der Waals surface area contributed by atoms with Crippen molar-refractivity contribution in [3.05, 3.63) is 62.1 Å². The quantitative estimate of drug-likeness (QED) is 0.630. The van der Waals surface area contributed by atoms with Gasteiger partial charge in [-0.25, -0.2) is 0 Å². The van der Waals surface area contributed by atoms with E-state index in [0.29, 0.717) is 17.4 Å². The summed E-state index contributed by atoms with van der Waals surface area (Å²) >= 11 is 11.9. The molecule has 23 heavy (non-hydrogen) atoms. The van der Waals surface area contributed by atoms with Gasteiger partial charge >= 0.3 is 0 Å². The molecule has 0 aromatic heterocycles. The fraction of sp³-hybridized carbons (Fsp3) is 0.133. The number of amides is 1. The summed E-state index contributed by atoms with van der Waals surface area (Å²) in [5.74, 6) is -0.188. The average molecular weight is 355 g/mol. The number of nitrogens with one attached hydrogen (secondary N) is 1. The van der Waals surface area contributed by atoms with Crippen molar-refractivity contribution in [2.45, 2.75) is 6.92 Å². The maximum atomic E-state index is 12.4. The summed E-state index contributed by atoms with van der Waals surface area (Å²) < 4.78 is 5.38. The lowest BCUT2D eigenvalue weighted by Crippen LogP contribution is -2.14. The largest absolute Gasteiger partial charge is 0.493 e. The van der Waals surface area contributed by atoms with E-state index in [1.807, 2.05) is 0 Å². The minimum atomic E-state index is -0.570. The number of hydrogen-bond acceptors (Lipinski definition) is 4. The number of nitro groups is 1. The summed E-state index contributed by atoms with van der Waals surface area (Å²) in [6, 6.07) is 8.38. The van der Waals surface area contributed by atoms with Crippen LogP contribution in [0.15, 0.2) is 36.4 Å². The number of halogens is 2. The highest BCUT2D eigenvalue weighted by molar-refractivity contribution is 6.34. The van der Waals surface area contributed by atoms with Crippen LogP contribution in [0.3, 0.4) is 0 Å². The zero-order valence-electron chi connectivity index (χ0n) is 12.0. The van der Waals surface area contributed by atoms with Crippen molar-refractivity contribution >= 4 is 40.5 Å². The number of hydrogen-bond donors (Lipinski definition) is 1. The first-order valence-electron chi connectivity index (χ1n) is 6.60. The highest BCUT2D eigenvalue weighted by Crippen LogP contribution is 2.29. The van der Waals surface area contributed by atoms with E-state index in [4.69, 9.17) is 27.9 Å². The van der Waals surface area contributed by atoms with Gasteiger partial charge in [0.2, 0.25) is 0 Å². The zero-order chi connectivity index (χ0) is 17.0. The highest BCUT2D eigenvalue weighted by atomic mass is 35.5. The number of nitrogens with zero attached hydrogens (tertiary/aromatic N) is 1. The second-order valence-electron chi connectivity index (χ2n) is 4.45. The molecule has 2 aromatic rings. The molecule has 2 rings (SSSR count). The van der Waals surface area contributed by atoms with Crippen LogP contribution in [0.1, 0.15) is 17.3 Å². The Kier molecular flexibility index (Phi) is 5.41. The van der Waals surface area contributed by atoms with Gasteiger partial charge in [0, 0.05) is 17.2 Å². The number of carbonyl (C=O) groups excluding carboxylic acids is 1. The normalized spacial score (nSPS) is 10.2. The molecule has 0 unspecified atom stereocenters. The Morgan fingerprint density at radius 2 is 2.00 bits per heavy atom. The second kappa shape index (κ2) is 7.30. The van der Waals surface area contributed by atoms with Gasteiger partial charge in [-0.2, -0.15) is 0 Å². The number of ether oxygens (including phenoxy) is 1. The minimum absolute atomic E-state index is 0.142. The van der Waals surface area contributed by atoms with Crippen molar-refractivity contribution in [1.82, 2.24) is 0 Å². The summed E-state index contributed by atoms with van der Waals surface area (Å²) in [4.78, 5) is 22.6. The van der Waals surface area contributed by atoms with E-state index in [9.17, 15) is 14.9 Å². The average Bonchev–Trinajstić information content (AvgIpc) is 2.49. The molecule has 0 saturated carbocycles. The molecule has 0 saturated heterocycles. The predicted octanol–water partition coefficient (Wildman–Crippen LogP) is 4.55. The summed E-state index contributed by atoms with van der Waals surface area (Å²) in [5, 5.41) is 14.0. The predicted molar refractivity (Wildman–Crippen MR) is 88.7 cm³/mol. The molecule has 0 heterocycles. The molecule has 0 spiro atoms. The molecule has 0 aliphatic carbocycles. The maximum Gasteiger partial charge on any atom is 0.271 e. The smallest absolute Gasteiger partial charge is 0.271 e. The van der Waals surface area contributed by atoms with Gasteiger partial charge in [-0.1, -0.05) is 23.2 Å². The second-order valence-corrected chi connectivity index (χ2v) is 5.29. The summed E-state index contributed by atoms with van der Waals surface area (Å²) in [7, 11) is 0. The molecule has 0 radical (unpaired) electrons. The van der Waals surface area contributed by atoms with E-state index in [-0.39, 0.29) is 22.0 Å².